The molecule has 188 valence electrons. The van der Waals surface area contributed by atoms with E-state index >= 15 is 0 Å². The van der Waals surface area contributed by atoms with Crippen LogP contribution in [-0.2, 0) is 33.2 Å². The van der Waals surface area contributed by atoms with Gasteiger partial charge in [-0.3, -0.25) is 0 Å². The molecule has 4 rings (SSSR count). The van der Waals surface area contributed by atoms with Gasteiger partial charge in [0, 0.05) is 17.9 Å². The van der Waals surface area contributed by atoms with Crippen LogP contribution in [0.1, 0.15) is 40.0 Å². The van der Waals surface area contributed by atoms with Crippen LogP contribution >= 0.6 is 11.8 Å². The minimum absolute atomic E-state index is 0.133. The summed E-state index contributed by atoms with van der Waals surface area (Å²) in [5.74, 6) is -1.44. The van der Waals surface area contributed by atoms with Crippen molar-refractivity contribution >= 4 is 23.8 Å². The van der Waals surface area contributed by atoms with Gasteiger partial charge in [0.25, 0.3) is 0 Å². The first-order valence-corrected chi connectivity index (χ1v) is 12.5. The first kappa shape index (κ1) is 25.2. The Hall–Kier alpha value is -1.85. The van der Waals surface area contributed by atoms with Crippen molar-refractivity contribution in [3.63, 3.8) is 0 Å². The molecule has 1 amide bonds. The van der Waals surface area contributed by atoms with E-state index in [4.69, 9.17) is 28.4 Å². The molecule has 34 heavy (non-hydrogen) atoms. The lowest BCUT2D eigenvalue weighted by atomic mass is 9.90. The van der Waals surface area contributed by atoms with Crippen LogP contribution in [0.25, 0.3) is 0 Å². The number of alkyl carbamates (subject to hydrolysis) is 1. The third-order valence-corrected chi connectivity index (χ3v) is 7.35. The van der Waals surface area contributed by atoms with Crippen LogP contribution in [0.15, 0.2) is 35.2 Å². The largest absolute Gasteiger partial charge is 0.466 e. The van der Waals surface area contributed by atoms with Gasteiger partial charge < -0.3 is 33.7 Å². The molecule has 6 atom stereocenters. The Kier molecular flexibility index (Phi) is 7.73. The lowest BCUT2D eigenvalue weighted by Gasteiger charge is -2.45. The fourth-order valence-corrected chi connectivity index (χ4v) is 5.85. The minimum Gasteiger partial charge on any atom is -0.466 e. The maximum absolute atomic E-state index is 13.2. The normalized spacial score (nSPS) is 34.2. The van der Waals surface area contributed by atoms with Gasteiger partial charge in [-0.1, -0.05) is 43.3 Å². The molecule has 10 heteroatoms. The van der Waals surface area contributed by atoms with Crippen LogP contribution < -0.4 is 5.32 Å². The molecule has 3 saturated heterocycles. The Balaban J connectivity index is 1.65. The highest BCUT2D eigenvalue weighted by Crippen LogP contribution is 2.47. The molecule has 0 spiro atoms. The smallest absolute Gasteiger partial charge is 0.407 e. The van der Waals surface area contributed by atoms with E-state index in [1.165, 1.54) is 18.9 Å². The molecule has 3 heterocycles. The lowest BCUT2D eigenvalue weighted by molar-refractivity contribution is -0.202. The maximum Gasteiger partial charge on any atom is 0.407 e. The summed E-state index contributed by atoms with van der Waals surface area (Å²) in [5, 5.41) is 2.84. The number of esters is 1. The summed E-state index contributed by atoms with van der Waals surface area (Å²) < 4.78 is 35.5. The zero-order valence-electron chi connectivity index (χ0n) is 20.0. The van der Waals surface area contributed by atoms with Crippen molar-refractivity contribution in [2.45, 2.75) is 86.1 Å². The summed E-state index contributed by atoms with van der Waals surface area (Å²) in [5.41, 5.74) is 0. The molecule has 0 aromatic heterocycles. The third-order valence-electron chi connectivity index (χ3n) is 6.09. The van der Waals surface area contributed by atoms with Gasteiger partial charge in [-0.25, -0.2) is 9.59 Å². The summed E-state index contributed by atoms with van der Waals surface area (Å²) in [6.07, 6.45) is -0.852. The van der Waals surface area contributed by atoms with E-state index in [0.717, 1.165) is 17.7 Å². The molecule has 0 saturated carbocycles. The first-order valence-electron chi connectivity index (χ1n) is 11.7. The molecular weight excluding hydrogens is 462 g/mol. The van der Waals surface area contributed by atoms with Gasteiger partial charge in [-0.2, -0.15) is 0 Å². The second-order valence-electron chi connectivity index (χ2n) is 9.13. The van der Waals surface area contributed by atoms with Crippen LogP contribution in [-0.4, -0.2) is 73.6 Å². The van der Waals surface area contributed by atoms with E-state index in [1.807, 2.05) is 44.2 Å². The number of methoxy groups -OCH3 is 1. The highest BCUT2D eigenvalue weighted by Gasteiger charge is 2.61. The van der Waals surface area contributed by atoms with Crippen molar-refractivity contribution in [1.29, 1.82) is 0 Å². The van der Waals surface area contributed by atoms with Gasteiger partial charge in [-0.05, 0) is 32.4 Å². The van der Waals surface area contributed by atoms with Gasteiger partial charge in [0.2, 0.25) is 4.93 Å². The standard InChI is InChI=1S/C24H33NO8S/c1-5-6-12-29-14-17-19(32-23(2,3)31-17)20-18-16(30-22(27)25-18)13-24(33-20,21(26)28-4)34-15-10-8-7-9-11-15/h7-11,16-20H,5-6,12-14H2,1-4H3,(H,25,27)/t16-,17-,18-,19-,20?,24+/m1/s1. The van der Waals surface area contributed by atoms with E-state index in [0.29, 0.717) is 13.2 Å². The average molecular weight is 496 g/mol. The molecule has 0 radical (unpaired) electrons. The summed E-state index contributed by atoms with van der Waals surface area (Å²) in [6.45, 7) is 6.65. The van der Waals surface area contributed by atoms with Crippen molar-refractivity contribution < 1.29 is 38.0 Å². The number of carbonyl (C=O) groups is 2. The highest BCUT2D eigenvalue weighted by atomic mass is 32.2. The van der Waals surface area contributed by atoms with Gasteiger partial charge in [-0.15, -0.1) is 0 Å². The quantitative estimate of drug-likeness (QED) is 0.409. The van der Waals surface area contributed by atoms with Gasteiger partial charge >= 0.3 is 12.1 Å². The molecule has 3 aliphatic rings. The number of amides is 1. The topological polar surface area (TPSA) is 102 Å². The zero-order chi connectivity index (χ0) is 24.3. The Morgan fingerprint density at radius 3 is 2.65 bits per heavy atom. The second kappa shape index (κ2) is 10.4. The van der Waals surface area contributed by atoms with Crippen LogP contribution in [0.5, 0.6) is 0 Å². The summed E-state index contributed by atoms with van der Waals surface area (Å²) >= 11 is 1.24. The third kappa shape index (κ3) is 5.36. The molecule has 9 nitrogen and oxygen atoms in total. The van der Waals surface area contributed by atoms with Crippen molar-refractivity contribution in [1.82, 2.24) is 5.32 Å². The average Bonchev–Trinajstić information content (AvgIpc) is 3.33. The van der Waals surface area contributed by atoms with Crippen molar-refractivity contribution in [3.8, 4) is 0 Å². The van der Waals surface area contributed by atoms with E-state index < -0.39 is 53.2 Å². The number of rotatable bonds is 9. The van der Waals surface area contributed by atoms with Crippen LogP contribution in [0, 0.1) is 0 Å². The first-order chi connectivity index (χ1) is 16.3. The van der Waals surface area contributed by atoms with Gasteiger partial charge in [0.05, 0.1) is 19.8 Å². The molecule has 1 aromatic rings. The molecule has 1 unspecified atom stereocenters. The Morgan fingerprint density at radius 1 is 1.18 bits per heavy atom. The van der Waals surface area contributed by atoms with E-state index in [9.17, 15) is 9.59 Å². The number of hydrogen-bond acceptors (Lipinski definition) is 9. The molecule has 0 bridgehead atoms. The van der Waals surface area contributed by atoms with Crippen LogP contribution in [0.2, 0.25) is 0 Å². The fourth-order valence-electron chi connectivity index (χ4n) is 4.60. The molecule has 3 aliphatic heterocycles. The molecule has 1 N–H and O–H groups in total. The number of fused-ring (bicyclic) bond motifs is 1. The number of carbonyl (C=O) groups excluding carboxylic acids is 2. The Labute approximate surface area is 204 Å². The van der Waals surface area contributed by atoms with E-state index in [1.54, 1.807) is 0 Å². The fraction of sp³-hybridized carbons (Fsp3) is 0.667. The van der Waals surface area contributed by atoms with E-state index in [2.05, 4.69) is 12.2 Å². The predicted molar refractivity (Wildman–Crippen MR) is 123 cm³/mol. The lowest BCUT2D eigenvalue weighted by Crippen LogP contribution is -2.63. The summed E-state index contributed by atoms with van der Waals surface area (Å²) in [7, 11) is 1.32. The van der Waals surface area contributed by atoms with Crippen molar-refractivity contribution in [2.24, 2.45) is 0 Å². The summed E-state index contributed by atoms with van der Waals surface area (Å²) in [6, 6.07) is 8.93. The number of nitrogens with one attached hydrogen (secondary N) is 1. The Morgan fingerprint density at radius 2 is 1.94 bits per heavy atom. The molecular formula is C24H33NO8S. The summed E-state index contributed by atoms with van der Waals surface area (Å²) in [4.78, 5) is 24.8. The second-order valence-corrected chi connectivity index (χ2v) is 10.5. The van der Waals surface area contributed by atoms with Crippen molar-refractivity contribution in [2.75, 3.05) is 20.3 Å². The molecule has 0 aliphatic carbocycles. The maximum atomic E-state index is 13.2. The van der Waals surface area contributed by atoms with E-state index in [-0.39, 0.29) is 6.42 Å². The monoisotopic (exact) mass is 495 g/mol. The zero-order valence-corrected chi connectivity index (χ0v) is 20.8. The minimum atomic E-state index is -1.43. The number of thioether (sulfide) groups is 1. The number of benzene rings is 1. The predicted octanol–water partition coefficient (Wildman–Crippen LogP) is 3.25. The number of ether oxygens (including phenoxy) is 6. The number of unbranched alkanes of at least 4 members (excludes halogenated alkanes) is 1. The molecule has 1 aromatic carbocycles. The Bertz CT molecular complexity index is 868. The number of hydrogen-bond donors (Lipinski definition) is 1. The highest BCUT2D eigenvalue weighted by molar-refractivity contribution is 8.01. The van der Waals surface area contributed by atoms with Gasteiger partial charge in [0.15, 0.2) is 5.79 Å². The molecule has 3 fully saturated rings. The SMILES string of the molecule is CCCCOC[C@H]1OC(C)(C)O[C@H]1C1O[C@@](Sc2ccccc2)(C(=O)OC)C[C@H]2OC(=O)N[C@@H]12. The van der Waals surface area contributed by atoms with Crippen LogP contribution in [0.3, 0.4) is 0 Å². The van der Waals surface area contributed by atoms with Crippen molar-refractivity contribution in [3.05, 3.63) is 30.3 Å². The van der Waals surface area contributed by atoms with Crippen LogP contribution in [0.4, 0.5) is 4.79 Å². The van der Waals surface area contributed by atoms with Gasteiger partial charge in [0.1, 0.15) is 24.4 Å².